The summed E-state index contributed by atoms with van der Waals surface area (Å²) in [6, 6.07) is -0.933. The van der Waals surface area contributed by atoms with Crippen molar-refractivity contribution >= 4 is 27.7 Å². The number of rotatable bonds is 6. The maximum Gasteiger partial charge on any atom is 0.314 e. The van der Waals surface area contributed by atoms with Crippen LogP contribution in [0.3, 0.4) is 0 Å². The number of nitrogens with one attached hydrogen (secondary N) is 1. The number of nitrogens with two attached hydrogens (primary N) is 1. The Labute approximate surface area is 142 Å². The number of hydrogen-bond donors (Lipinski definition) is 2. The van der Waals surface area contributed by atoms with Gasteiger partial charge < -0.3 is 20.9 Å². The first kappa shape index (κ1) is 20.2. The summed E-state index contributed by atoms with van der Waals surface area (Å²) in [5.41, 5.74) is 5.10. The van der Waals surface area contributed by atoms with Gasteiger partial charge in [-0.15, -0.1) is 0 Å². The predicted molar refractivity (Wildman–Crippen MR) is 88.8 cm³/mol. The van der Waals surface area contributed by atoms with Crippen LogP contribution in [0.4, 0.5) is 4.79 Å². The minimum Gasteiger partial charge on any atom is -0.351 e. The van der Waals surface area contributed by atoms with E-state index in [0.717, 1.165) is 11.2 Å². The lowest BCUT2D eigenvalue weighted by molar-refractivity contribution is -0.131. The zero-order valence-corrected chi connectivity index (χ0v) is 15.3. The van der Waals surface area contributed by atoms with E-state index in [9.17, 15) is 22.8 Å². The fourth-order valence-corrected chi connectivity index (χ4v) is 3.65. The molecule has 0 aromatic rings. The molecule has 1 saturated heterocycles. The number of likely N-dealkylation sites (tertiary alicyclic amines) is 1. The number of amides is 4. The van der Waals surface area contributed by atoms with E-state index in [0.29, 0.717) is 13.1 Å². The van der Waals surface area contributed by atoms with E-state index in [2.05, 4.69) is 5.32 Å². The van der Waals surface area contributed by atoms with Crippen molar-refractivity contribution in [3.05, 3.63) is 0 Å². The van der Waals surface area contributed by atoms with Crippen molar-refractivity contribution in [1.82, 2.24) is 15.1 Å². The summed E-state index contributed by atoms with van der Waals surface area (Å²) in [5, 5.41) is 2.81. The SMILES string of the molecule is CC(CS(C)(=O)=O)C(=O)N[C@@H]1CN(C(=O)CN(C)C(N)=O)C[C@@H]1C. The second kappa shape index (κ2) is 7.82. The number of carbonyl (C=O) groups is 3. The normalized spacial score (nSPS) is 22.1. The van der Waals surface area contributed by atoms with Gasteiger partial charge in [0.05, 0.1) is 11.8 Å². The highest BCUT2D eigenvalue weighted by molar-refractivity contribution is 7.90. The number of hydrogen-bond acceptors (Lipinski definition) is 5. The molecule has 1 unspecified atom stereocenters. The quantitative estimate of drug-likeness (QED) is 0.603. The fraction of sp³-hybridized carbons (Fsp3) is 0.786. The van der Waals surface area contributed by atoms with Crippen LogP contribution in [0.25, 0.3) is 0 Å². The number of carbonyl (C=O) groups excluding carboxylic acids is 3. The largest absolute Gasteiger partial charge is 0.351 e. The van der Waals surface area contributed by atoms with E-state index in [1.165, 1.54) is 7.05 Å². The standard InChI is InChI=1S/C14H26N4O5S/c1-9-5-18(12(19)7-17(3)14(15)21)6-11(9)16-13(20)10(2)8-24(4,22)23/h9-11H,5-8H2,1-4H3,(H2,15,21)(H,16,20)/t9-,10?,11+/m0/s1. The van der Waals surface area contributed by atoms with E-state index in [4.69, 9.17) is 5.73 Å². The zero-order chi connectivity index (χ0) is 18.7. The maximum atomic E-state index is 12.1. The minimum atomic E-state index is -3.24. The molecule has 1 aliphatic heterocycles. The van der Waals surface area contributed by atoms with Gasteiger partial charge in [-0.1, -0.05) is 13.8 Å². The number of likely N-dealkylation sites (N-methyl/N-ethyl adjacent to an activating group) is 1. The summed E-state index contributed by atoms with van der Waals surface area (Å²) in [6.45, 7) is 4.12. The van der Waals surface area contributed by atoms with E-state index < -0.39 is 21.8 Å². The molecule has 0 aliphatic carbocycles. The molecule has 0 bridgehead atoms. The maximum absolute atomic E-state index is 12.1. The molecular weight excluding hydrogens is 336 g/mol. The van der Waals surface area contributed by atoms with Gasteiger partial charge in [-0.05, 0) is 5.92 Å². The number of sulfone groups is 1. The summed E-state index contributed by atoms with van der Waals surface area (Å²) in [7, 11) is -1.80. The second-order valence-corrected chi connectivity index (χ2v) is 8.76. The Morgan fingerprint density at radius 3 is 2.42 bits per heavy atom. The van der Waals surface area contributed by atoms with Crippen LogP contribution in [-0.2, 0) is 19.4 Å². The topological polar surface area (TPSA) is 130 Å². The second-order valence-electron chi connectivity index (χ2n) is 6.58. The predicted octanol–water partition coefficient (Wildman–Crippen LogP) is -1.36. The molecule has 0 saturated carbocycles. The minimum absolute atomic E-state index is 0.0298. The van der Waals surface area contributed by atoms with E-state index in [1.807, 2.05) is 6.92 Å². The van der Waals surface area contributed by atoms with Crippen molar-refractivity contribution in [2.24, 2.45) is 17.6 Å². The lowest BCUT2D eigenvalue weighted by Gasteiger charge is -2.21. The first-order valence-electron chi connectivity index (χ1n) is 7.67. The molecule has 1 rings (SSSR count). The monoisotopic (exact) mass is 362 g/mol. The van der Waals surface area contributed by atoms with Crippen LogP contribution in [0.1, 0.15) is 13.8 Å². The zero-order valence-electron chi connectivity index (χ0n) is 14.5. The highest BCUT2D eigenvalue weighted by atomic mass is 32.2. The van der Waals surface area contributed by atoms with E-state index in [1.54, 1.807) is 11.8 Å². The third-order valence-corrected chi connectivity index (χ3v) is 5.15. The fourth-order valence-electron chi connectivity index (χ4n) is 2.59. The Balaban J connectivity index is 2.58. The Bertz CT molecular complexity index is 606. The van der Waals surface area contributed by atoms with E-state index in [-0.39, 0.29) is 36.1 Å². The van der Waals surface area contributed by atoms with Crippen LogP contribution in [-0.4, -0.2) is 80.8 Å². The molecule has 3 atom stereocenters. The Kier molecular flexibility index (Phi) is 6.58. The van der Waals surface area contributed by atoms with Gasteiger partial charge in [-0.3, -0.25) is 9.59 Å². The van der Waals surface area contributed by atoms with Crippen LogP contribution in [0.15, 0.2) is 0 Å². The summed E-state index contributed by atoms with van der Waals surface area (Å²) >= 11 is 0. The van der Waals surface area contributed by atoms with Crippen LogP contribution in [0, 0.1) is 11.8 Å². The summed E-state index contributed by atoms with van der Waals surface area (Å²) in [4.78, 5) is 37.9. The molecular formula is C14H26N4O5S. The van der Waals surface area contributed by atoms with Gasteiger partial charge in [0.25, 0.3) is 0 Å². The molecule has 0 aromatic heterocycles. The number of primary amides is 1. The first-order chi connectivity index (χ1) is 10.9. The molecule has 0 spiro atoms. The van der Waals surface area contributed by atoms with Gasteiger partial charge in [0.2, 0.25) is 11.8 Å². The van der Waals surface area contributed by atoms with Crippen LogP contribution >= 0.6 is 0 Å². The van der Waals surface area contributed by atoms with Crippen LogP contribution < -0.4 is 11.1 Å². The highest BCUT2D eigenvalue weighted by Crippen LogP contribution is 2.17. The Hall–Kier alpha value is -1.84. The molecule has 1 aliphatic rings. The third-order valence-electron chi connectivity index (χ3n) is 4.04. The molecule has 1 fully saturated rings. The summed E-state index contributed by atoms with van der Waals surface area (Å²) in [5.74, 6) is -1.43. The summed E-state index contributed by atoms with van der Waals surface area (Å²) < 4.78 is 22.5. The number of urea groups is 1. The molecule has 0 radical (unpaired) electrons. The molecule has 0 aromatic carbocycles. The molecule has 1 heterocycles. The van der Waals surface area contributed by atoms with Crippen LogP contribution in [0.2, 0.25) is 0 Å². The summed E-state index contributed by atoms with van der Waals surface area (Å²) in [6.07, 6.45) is 1.09. The van der Waals surface area contributed by atoms with Gasteiger partial charge in [0.15, 0.2) is 0 Å². The smallest absolute Gasteiger partial charge is 0.314 e. The average Bonchev–Trinajstić information content (AvgIpc) is 2.78. The molecule has 24 heavy (non-hydrogen) atoms. The lowest BCUT2D eigenvalue weighted by Crippen LogP contribution is -2.45. The average molecular weight is 362 g/mol. The molecule has 4 amide bonds. The third kappa shape index (κ3) is 5.99. The highest BCUT2D eigenvalue weighted by Gasteiger charge is 2.34. The van der Waals surface area contributed by atoms with E-state index >= 15 is 0 Å². The molecule has 9 nitrogen and oxygen atoms in total. The van der Waals surface area contributed by atoms with Gasteiger partial charge >= 0.3 is 6.03 Å². The van der Waals surface area contributed by atoms with Gasteiger partial charge in [0, 0.05) is 32.3 Å². The van der Waals surface area contributed by atoms with Crippen molar-refractivity contribution in [3.8, 4) is 0 Å². The Morgan fingerprint density at radius 2 is 1.92 bits per heavy atom. The Morgan fingerprint density at radius 1 is 1.33 bits per heavy atom. The number of nitrogens with zero attached hydrogens (tertiary/aromatic N) is 2. The van der Waals surface area contributed by atoms with Crippen molar-refractivity contribution in [2.75, 3.05) is 38.7 Å². The van der Waals surface area contributed by atoms with Crippen molar-refractivity contribution < 1.29 is 22.8 Å². The first-order valence-corrected chi connectivity index (χ1v) is 9.73. The molecule has 3 N–H and O–H groups in total. The van der Waals surface area contributed by atoms with Gasteiger partial charge in [-0.25, -0.2) is 13.2 Å². The van der Waals surface area contributed by atoms with Crippen molar-refractivity contribution in [1.29, 1.82) is 0 Å². The van der Waals surface area contributed by atoms with Crippen LogP contribution in [0.5, 0.6) is 0 Å². The lowest BCUT2D eigenvalue weighted by atomic mass is 10.1. The van der Waals surface area contributed by atoms with Gasteiger partial charge in [0.1, 0.15) is 16.4 Å². The van der Waals surface area contributed by atoms with Crippen molar-refractivity contribution in [3.63, 3.8) is 0 Å². The van der Waals surface area contributed by atoms with Gasteiger partial charge in [-0.2, -0.15) is 0 Å². The molecule has 138 valence electrons. The molecule has 10 heteroatoms. The van der Waals surface area contributed by atoms with Crippen molar-refractivity contribution in [2.45, 2.75) is 19.9 Å².